The topological polar surface area (TPSA) is 90.9 Å². The highest BCUT2D eigenvalue weighted by atomic mass is 32.2. The summed E-state index contributed by atoms with van der Waals surface area (Å²) in [5.74, 6) is -1.31. The van der Waals surface area contributed by atoms with Crippen LogP contribution in [-0.2, 0) is 15.6 Å². The zero-order valence-electron chi connectivity index (χ0n) is 21.0. The molecule has 7 nitrogen and oxygen atoms in total. The van der Waals surface area contributed by atoms with Crippen molar-refractivity contribution in [2.24, 2.45) is 4.99 Å². The number of para-hydroxylation sites is 1. The minimum absolute atomic E-state index is 0.176. The molecule has 1 heterocycles. The molecule has 0 saturated carbocycles. The molecule has 0 fully saturated rings. The van der Waals surface area contributed by atoms with Gasteiger partial charge in [0.2, 0.25) is 6.17 Å². The molecule has 9 heteroatoms. The smallest absolute Gasteiger partial charge is 0.308 e. The quantitative estimate of drug-likeness (QED) is 0.351. The zero-order valence-corrected chi connectivity index (χ0v) is 21.8. The lowest BCUT2D eigenvalue weighted by Gasteiger charge is -2.25. The first-order valence-corrected chi connectivity index (χ1v) is 13.5. The maximum atomic E-state index is 15.0. The predicted octanol–water partition coefficient (Wildman–Crippen LogP) is 5.23. The van der Waals surface area contributed by atoms with Gasteiger partial charge in [0.1, 0.15) is 11.7 Å². The predicted molar refractivity (Wildman–Crippen MR) is 151 cm³/mol. The highest BCUT2D eigenvalue weighted by Crippen LogP contribution is 2.30. The number of aliphatic imine (C=N–C) groups is 1. The second-order valence-corrected chi connectivity index (χ2v) is 10.3. The molecule has 3 amide bonds. The number of hydrogen-bond donors (Lipinski definition) is 2. The number of carbonyl (C=O) groups excluding carboxylic acids is 2. The molecule has 0 radical (unpaired) electrons. The number of anilines is 2. The number of fused-ring (bicyclic) bond motifs is 1. The Kier molecular flexibility index (Phi) is 7.60. The third-order valence-corrected chi connectivity index (χ3v) is 7.42. The molecular weight excluding hydrogens is 515 g/mol. The lowest BCUT2D eigenvalue weighted by Crippen LogP contribution is -2.49. The zero-order chi connectivity index (χ0) is 27.4. The van der Waals surface area contributed by atoms with Crippen LogP contribution in [-0.4, -0.2) is 33.9 Å². The molecule has 2 N–H and O–H groups in total. The Morgan fingerprint density at radius 3 is 2.36 bits per heavy atom. The van der Waals surface area contributed by atoms with Crippen molar-refractivity contribution in [3.05, 3.63) is 126 Å². The summed E-state index contributed by atoms with van der Waals surface area (Å²) in [6.45, 7) is 1.89. The van der Waals surface area contributed by atoms with Crippen LogP contribution in [0.1, 0.15) is 16.7 Å². The first-order chi connectivity index (χ1) is 18.9. The van der Waals surface area contributed by atoms with E-state index in [1.807, 2.05) is 19.1 Å². The fourth-order valence-corrected chi connectivity index (χ4v) is 5.41. The first-order valence-electron chi connectivity index (χ1n) is 12.2. The second kappa shape index (κ2) is 11.4. The molecule has 1 aliphatic rings. The van der Waals surface area contributed by atoms with Crippen LogP contribution >= 0.6 is 0 Å². The van der Waals surface area contributed by atoms with Crippen LogP contribution in [0.4, 0.5) is 20.6 Å². The van der Waals surface area contributed by atoms with E-state index >= 15 is 4.39 Å². The fourth-order valence-electron chi connectivity index (χ4n) is 4.30. The standard InChI is InChI=1S/C30H25FN4O3S/c1-20-10-9-11-21(18-20)32-30(37)34-28-29(36)35(19-39(38)22-12-3-2-4-13-22)26-17-8-6-15-24(26)27(33-28)23-14-5-7-16-25(23)31/h2-18,28H,19H2,1H3,(H2,32,34,37)/t28-,39?/m0/s1. The molecule has 0 aromatic heterocycles. The highest BCUT2D eigenvalue weighted by Gasteiger charge is 2.34. The van der Waals surface area contributed by atoms with Crippen molar-refractivity contribution < 1.29 is 18.2 Å². The summed E-state index contributed by atoms with van der Waals surface area (Å²) in [4.78, 5) is 33.4. The van der Waals surface area contributed by atoms with E-state index in [9.17, 15) is 13.8 Å². The summed E-state index contributed by atoms with van der Waals surface area (Å²) in [5.41, 5.74) is 2.75. The number of aryl methyl sites for hydroxylation is 1. The van der Waals surface area contributed by atoms with E-state index in [2.05, 4.69) is 15.6 Å². The van der Waals surface area contributed by atoms with Crippen LogP contribution in [0.5, 0.6) is 0 Å². The number of halogens is 1. The van der Waals surface area contributed by atoms with E-state index < -0.39 is 34.7 Å². The second-order valence-electron chi connectivity index (χ2n) is 8.90. The van der Waals surface area contributed by atoms with E-state index in [-0.39, 0.29) is 17.2 Å². The minimum Gasteiger partial charge on any atom is -0.308 e. The van der Waals surface area contributed by atoms with Crippen LogP contribution in [0, 0.1) is 12.7 Å². The Morgan fingerprint density at radius 1 is 0.923 bits per heavy atom. The Balaban J connectivity index is 1.56. The number of carbonyl (C=O) groups is 2. The molecule has 39 heavy (non-hydrogen) atoms. The van der Waals surface area contributed by atoms with Crippen LogP contribution in [0.2, 0.25) is 0 Å². The van der Waals surface area contributed by atoms with Crippen molar-refractivity contribution in [1.82, 2.24) is 5.32 Å². The Bertz CT molecular complexity index is 1590. The molecule has 4 aromatic rings. The summed E-state index contributed by atoms with van der Waals surface area (Å²) in [7, 11) is -1.59. The Hall–Kier alpha value is -4.63. The highest BCUT2D eigenvalue weighted by molar-refractivity contribution is 7.85. The van der Waals surface area contributed by atoms with Gasteiger partial charge in [-0.25, -0.2) is 14.2 Å². The number of nitrogens with one attached hydrogen (secondary N) is 2. The molecule has 1 unspecified atom stereocenters. The molecule has 5 rings (SSSR count). The SMILES string of the molecule is Cc1cccc(NC(=O)N[C@@H]2N=C(c3ccccc3F)c3ccccc3N(CS(=O)c3ccccc3)C2=O)c1. The third-order valence-electron chi connectivity index (χ3n) is 6.13. The van der Waals surface area contributed by atoms with E-state index in [1.54, 1.807) is 84.9 Å². The van der Waals surface area contributed by atoms with Crippen LogP contribution < -0.4 is 15.5 Å². The number of benzene rings is 4. The summed E-state index contributed by atoms with van der Waals surface area (Å²) >= 11 is 0. The van der Waals surface area contributed by atoms with E-state index in [4.69, 9.17) is 0 Å². The minimum atomic E-state index is -1.59. The lowest BCUT2D eigenvalue weighted by atomic mass is 10.00. The molecule has 0 spiro atoms. The van der Waals surface area contributed by atoms with Gasteiger partial charge < -0.3 is 10.6 Å². The van der Waals surface area contributed by atoms with Gasteiger partial charge in [-0.2, -0.15) is 0 Å². The number of hydrogen-bond acceptors (Lipinski definition) is 4. The van der Waals surface area contributed by atoms with Crippen LogP contribution in [0.25, 0.3) is 0 Å². The Morgan fingerprint density at radius 2 is 1.62 bits per heavy atom. The monoisotopic (exact) mass is 540 g/mol. The van der Waals surface area contributed by atoms with Gasteiger partial charge >= 0.3 is 6.03 Å². The Labute approximate surface area is 227 Å². The average molecular weight is 541 g/mol. The van der Waals surface area contributed by atoms with Crippen molar-refractivity contribution in [3.63, 3.8) is 0 Å². The number of amides is 3. The number of rotatable bonds is 6. The van der Waals surface area contributed by atoms with Gasteiger partial charge in [0.15, 0.2) is 0 Å². The van der Waals surface area contributed by atoms with E-state index in [1.165, 1.54) is 11.0 Å². The van der Waals surface area contributed by atoms with E-state index in [0.717, 1.165) is 5.56 Å². The van der Waals surface area contributed by atoms with Gasteiger partial charge in [-0.1, -0.05) is 60.7 Å². The number of nitrogens with zero attached hydrogens (tertiary/aromatic N) is 2. The molecule has 4 aromatic carbocycles. The maximum absolute atomic E-state index is 15.0. The van der Waals surface area contributed by atoms with Crippen molar-refractivity contribution >= 4 is 39.8 Å². The molecule has 1 aliphatic heterocycles. The molecule has 0 saturated heterocycles. The van der Waals surface area contributed by atoms with Gasteiger partial charge in [-0.15, -0.1) is 0 Å². The van der Waals surface area contributed by atoms with Gasteiger partial charge in [-0.3, -0.25) is 13.9 Å². The van der Waals surface area contributed by atoms with Crippen LogP contribution in [0.15, 0.2) is 113 Å². The van der Waals surface area contributed by atoms with Crippen molar-refractivity contribution in [2.75, 3.05) is 16.1 Å². The largest absolute Gasteiger partial charge is 0.321 e. The number of urea groups is 1. The lowest BCUT2D eigenvalue weighted by molar-refractivity contribution is -0.119. The van der Waals surface area contributed by atoms with Crippen molar-refractivity contribution in [2.45, 2.75) is 18.0 Å². The van der Waals surface area contributed by atoms with Gasteiger partial charge in [0.25, 0.3) is 5.91 Å². The summed E-state index contributed by atoms with van der Waals surface area (Å²) in [6.07, 6.45) is -1.41. The molecule has 0 aliphatic carbocycles. The fraction of sp³-hybridized carbons (Fsp3) is 0.100. The van der Waals surface area contributed by atoms with E-state index in [0.29, 0.717) is 21.8 Å². The first kappa shape index (κ1) is 26.0. The summed E-state index contributed by atoms with van der Waals surface area (Å²) < 4.78 is 28.3. The molecular formula is C30H25FN4O3S. The van der Waals surface area contributed by atoms with Crippen LogP contribution in [0.3, 0.4) is 0 Å². The molecule has 0 bridgehead atoms. The van der Waals surface area contributed by atoms with Gasteiger partial charge in [-0.05, 0) is 55.0 Å². The third kappa shape index (κ3) is 5.78. The van der Waals surface area contributed by atoms with Gasteiger partial charge in [0.05, 0.1) is 22.2 Å². The maximum Gasteiger partial charge on any atom is 0.321 e. The number of benzodiazepines with no additional fused rings is 1. The normalized spacial score (nSPS) is 15.5. The van der Waals surface area contributed by atoms with Crippen molar-refractivity contribution in [3.8, 4) is 0 Å². The molecule has 196 valence electrons. The molecule has 2 atom stereocenters. The summed E-state index contributed by atoms with van der Waals surface area (Å²) in [5, 5.41) is 5.34. The average Bonchev–Trinajstić information content (AvgIpc) is 3.04. The van der Waals surface area contributed by atoms with Gasteiger partial charge in [0, 0.05) is 21.7 Å². The van der Waals surface area contributed by atoms with Crippen molar-refractivity contribution in [1.29, 1.82) is 0 Å². The summed E-state index contributed by atoms with van der Waals surface area (Å²) in [6, 6.07) is 28.3.